The number of carboxylic acids is 1. The summed E-state index contributed by atoms with van der Waals surface area (Å²) in [7, 11) is 0. The third-order valence-electron chi connectivity index (χ3n) is 5.69. The zero-order chi connectivity index (χ0) is 23.8. The van der Waals surface area contributed by atoms with Crippen LogP contribution >= 0.6 is 23.5 Å². The molecule has 1 aliphatic rings. The molecule has 1 aromatic carbocycles. The Kier molecular flexibility index (Phi) is 10.2. The predicted molar refractivity (Wildman–Crippen MR) is 131 cm³/mol. The second-order valence-corrected chi connectivity index (χ2v) is 11.5. The smallest absolute Gasteiger partial charge is 0.303 e. The lowest BCUT2D eigenvalue weighted by molar-refractivity contribution is -0.137. The van der Waals surface area contributed by atoms with E-state index in [9.17, 15) is 14.7 Å². The first-order valence-electron chi connectivity index (χ1n) is 11.3. The number of carbonyl (C=O) groups excluding carboxylic acids is 1. The number of carboxylic acid groups (broad SMARTS) is 1. The largest absolute Gasteiger partial charge is 0.507 e. The summed E-state index contributed by atoms with van der Waals surface area (Å²) in [5, 5.41) is 19.4. The second-order valence-electron chi connectivity index (χ2n) is 8.45. The Morgan fingerprint density at radius 2 is 2.06 bits per heavy atom. The Hall–Kier alpha value is -1.38. The first-order chi connectivity index (χ1) is 15.2. The normalized spacial score (nSPS) is 22.8. The van der Waals surface area contributed by atoms with E-state index in [1.54, 1.807) is 23.9 Å². The molecule has 0 aliphatic carbocycles. The van der Waals surface area contributed by atoms with Crippen molar-refractivity contribution in [2.75, 3.05) is 24.7 Å². The number of Topliss-reactive ketones (excluding diaryl/α,β-unsaturated/α-hetero) is 1. The van der Waals surface area contributed by atoms with Crippen molar-refractivity contribution in [3.8, 4) is 11.5 Å². The summed E-state index contributed by atoms with van der Waals surface area (Å²) >= 11 is 3.65. The summed E-state index contributed by atoms with van der Waals surface area (Å²) in [6.07, 6.45) is 4.00. The Bertz CT molecular complexity index is 799. The Labute approximate surface area is 199 Å². The van der Waals surface area contributed by atoms with Crippen molar-refractivity contribution in [3.63, 3.8) is 0 Å². The molecule has 8 heteroatoms. The molecular weight excluding hydrogens is 448 g/mol. The molecule has 180 valence electrons. The molecule has 1 saturated heterocycles. The van der Waals surface area contributed by atoms with Crippen LogP contribution in [-0.2, 0) is 16.0 Å². The number of aliphatic carboxylic acids is 1. The van der Waals surface area contributed by atoms with Crippen LogP contribution < -0.4 is 4.74 Å². The quantitative estimate of drug-likeness (QED) is 0.262. The summed E-state index contributed by atoms with van der Waals surface area (Å²) in [4.78, 5) is 22.2. The van der Waals surface area contributed by atoms with Crippen LogP contribution in [0.25, 0.3) is 0 Å². The average Bonchev–Trinajstić information content (AvgIpc) is 3.09. The molecule has 6 nitrogen and oxygen atoms in total. The number of ketones is 1. The molecule has 2 N–H and O–H groups in total. The third-order valence-corrected chi connectivity index (χ3v) is 8.94. The minimum absolute atomic E-state index is 0.0153. The van der Waals surface area contributed by atoms with E-state index < -0.39 is 10.9 Å². The zero-order valence-corrected chi connectivity index (χ0v) is 21.2. The van der Waals surface area contributed by atoms with Crippen LogP contribution in [-0.4, -0.2) is 56.4 Å². The molecule has 2 rings (SSSR count). The van der Waals surface area contributed by atoms with Crippen LogP contribution in [0, 0.1) is 0 Å². The van der Waals surface area contributed by atoms with Crippen molar-refractivity contribution in [1.29, 1.82) is 0 Å². The van der Waals surface area contributed by atoms with E-state index in [1.807, 2.05) is 25.6 Å². The van der Waals surface area contributed by atoms with Crippen LogP contribution in [0.3, 0.4) is 0 Å². The lowest BCUT2D eigenvalue weighted by Crippen LogP contribution is -2.28. The molecule has 0 radical (unpaired) electrons. The fourth-order valence-corrected chi connectivity index (χ4v) is 6.85. The fourth-order valence-electron chi connectivity index (χ4n) is 3.74. The van der Waals surface area contributed by atoms with Crippen LogP contribution in [0.4, 0.5) is 0 Å². The van der Waals surface area contributed by atoms with Gasteiger partial charge in [-0.2, -0.15) is 11.8 Å². The number of hydrogen-bond acceptors (Lipinski definition) is 7. The summed E-state index contributed by atoms with van der Waals surface area (Å²) in [6, 6.07) is 3.41. The summed E-state index contributed by atoms with van der Waals surface area (Å²) in [5.74, 6) is 1.64. The number of thioether (sulfide) groups is 2. The van der Waals surface area contributed by atoms with E-state index in [-0.39, 0.29) is 22.7 Å². The van der Waals surface area contributed by atoms with E-state index in [0.717, 1.165) is 30.8 Å². The molecular formula is C24H36O6S2. The van der Waals surface area contributed by atoms with Gasteiger partial charge in [-0.1, -0.05) is 20.3 Å². The molecule has 2 unspecified atom stereocenters. The monoisotopic (exact) mass is 484 g/mol. The number of carbonyl (C=O) groups is 2. The topological polar surface area (TPSA) is 93.1 Å². The highest BCUT2D eigenvalue weighted by molar-refractivity contribution is 8.04. The Balaban J connectivity index is 1.81. The molecule has 0 saturated carbocycles. The molecule has 0 amide bonds. The number of ether oxygens (including phenoxy) is 2. The van der Waals surface area contributed by atoms with E-state index in [4.69, 9.17) is 14.6 Å². The van der Waals surface area contributed by atoms with Crippen LogP contribution in [0.2, 0.25) is 0 Å². The van der Waals surface area contributed by atoms with E-state index in [0.29, 0.717) is 42.9 Å². The predicted octanol–water partition coefficient (Wildman–Crippen LogP) is 5.54. The van der Waals surface area contributed by atoms with Crippen molar-refractivity contribution in [2.24, 2.45) is 0 Å². The second kappa shape index (κ2) is 12.2. The summed E-state index contributed by atoms with van der Waals surface area (Å²) < 4.78 is 12.0. The molecule has 0 aromatic heterocycles. The van der Waals surface area contributed by atoms with Crippen molar-refractivity contribution >= 4 is 35.3 Å². The number of rotatable bonds is 14. The minimum atomic E-state index is -0.787. The molecule has 0 spiro atoms. The van der Waals surface area contributed by atoms with Gasteiger partial charge in [-0.3, -0.25) is 9.59 Å². The molecule has 1 heterocycles. The standard InChI is InChI=1S/C24H36O6S2/c1-5-8-19-20(10-9-18(17(3)25)22(19)28)29-13-7-14-31-16-24(6-2)15-30-23(4,32-24)12-11-21(26)27/h9-10,28H,5-8,11-16H2,1-4H3,(H,26,27). The van der Waals surface area contributed by atoms with Crippen molar-refractivity contribution in [2.45, 2.75) is 75.9 Å². The lowest BCUT2D eigenvalue weighted by atomic mass is 10.0. The SMILES string of the molecule is CCCc1c(OCCCSCC2(CC)COC(C)(CCC(=O)O)S2)ccc(C(C)=O)c1O. The van der Waals surface area contributed by atoms with Gasteiger partial charge >= 0.3 is 5.97 Å². The number of hydrogen-bond donors (Lipinski definition) is 2. The van der Waals surface area contributed by atoms with Crippen LogP contribution in [0.15, 0.2) is 12.1 Å². The zero-order valence-electron chi connectivity index (χ0n) is 19.6. The summed E-state index contributed by atoms with van der Waals surface area (Å²) in [5.41, 5.74) is 1.05. The third kappa shape index (κ3) is 7.32. The van der Waals surface area contributed by atoms with Gasteiger partial charge in [0.15, 0.2) is 5.78 Å². The van der Waals surface area contributed by atoms with E-state index in [1.165, 1.54) is 6.92 Å². The van der Waals surface area contributed by atoms with Gasteiger partial charge in [0.2, 0.25) is 0 Å². The highest BCUT2D eigenvalue weighted by Gasteiger charge is 2.46. The van der Waals surface area contributed by atoms with Gasteiger partial charge in [-0.25, -0.2) is 0 Å². The number of aromatic hydroxyl groups is 1. The number of phenols is 1. The van der Waals surface area contributed by atoms with Gasteiger partial charge < -0.3 is 19.7 Å². The van der Waals surface area contributed by atoms with Gasteiger partial charge in [0.1, 0.15) is 16.4 Å². The van der Waals surface area contributed by atoms with Crippen LogP contribution in [0.1, 0.15) is 75.7 Å². The molecule has 2 atom stereocenters. The summed E-state index contributed by atoms with van der Waals surface area (Å²) in [6.45, 7) is 8.83. The number of benzene rings is 1. The number of phenolic OH excluding ortho intramolecular Hbond substituents is 1. The molecule has 1 fully saturated rings. The first kappa shape index (κ1) is 26.9. The minimum Gasteiger partial charge on any atom is -0.507 e. The molecule has 1 aromatic rings. The van der Waals surface area contributed by atoms with Crippen molar-refractivity contribution in [1.82, 2.24) is 0 Å². The Morgan fingerprint density at radius 3 is 2.69 bits per heavy atom. The maximum Gasteiger partial charge on any atom is 0.303 e. The lowest BCUT2D eigenvalue weighted by Gasteiger charge is -2.28. The maximum atomic E-state index is 11.7. The van der Waals surface area contributed by atoms with Gasteiger partial charge in [0.25, 0.3) is 0 Å². The van der Waals surface area contributed by atoms with E-state index in [2.05, 4.69) is 6.92 Å². The highest BCUT2D eigenvalue weighted by Crippen LogP contribution is 2.50. The fraction of sp³-hybridized carbons (Fsp3) is 0.667. The van der Waals surface area contributed by atoms with Gasteiger partial charge in [0, 0.05) is 17.7 Å². The average molecular weight is 485 g/mol. The van der Waals surface area contributed by atoms with Gasteiger partial charge in [-0.15, -0.1) is 11.8 Å². The molecule has 0 bridgehead atoms. The molecule has 1 aliphatic heterocycles. The van der Waals surface area contributed by atoms with Crippen molar-refractivity contribution < 1.29 is 29.3 Å². The highest BCUT2D eigenvalue weighted by atomic mass is 32.2. The Morgan fingerprint density at radius 1 is 1.31 bits per heavy atom. The maximum absolute atomic E-state index is 11.7. The van der Waals surface area contributed by atoms with Crippen LogP contribution in [0.5, 0.6) is 11.5 Å². The van der Waals surface area contributed by atoms with Gasteiger partial charge in [0.05, 0.1) is 23.5 Å². The van der Waals surface area contributed by atoms with E-state index >= 15 is 0 Å². The first-order valence-corrected chi connectivity index (χ1v) is 13.2. The van der Waals surface area contributed by atoms with Gasteiger partial charge in [-0.05, 0) is 57.4 Å². The molecule has 32 heavy (non-hydrogen) atoms. The van der Waals surface area contributed by atoms with Crippen molar-refractivity contribution in [3.05, 3.63) is 23.3 Å².